The van der Waals surface area contributed by atoms with Crippen molar-refractivity contribution in [1.82, 2.24) is 4.98 Å². The number of piperazine rings is 1. The Morgan fingerprint density at radius 1 is 1.08 bits per heavy atom. The molecule has 1 saturated heterocycles. The van der Waals surface area contributed by atoms with Crippen molar-refractivity contribution < 1.29 is 9.72 Å². The van der Waals surface area contributed by atoms with Crippen molar-refractivity contribution in [3.63, 3.8) is 0 Å². The fourth-order valence-electron chi connectivity index (χ4n) is 2.86. The van der Waals surface area contributed by atoms with Crippen molar-refractivity contribution in [3.05, 3.63) is 58.3 Å². The van der Waals surface area contributed by atoms with Gasteiger partial charge in [-0.2, -0.15) is 0 Å². The molecule has 1 aromatic carbocycles. The predicted octanol–water partition coefficient (Wildman–Crippen LogP) is 2.52. The highest BCUT2D eigenvalue weighted by Gasteiger charge is 2.24. The molecule has 2 aromatic rings. The summed E-state index contributed by atoms with van der Waals surface area (Å²) < 4.78 is 0. The smallest absolute Gasteiger partial charge is 0.311 e. The number of carbonyl (C=O) groups is 1. The summed E-state index contributed by atoms with van der Waals surface area (Å²) in [6.07, 6.45) is 1.58. The summed E-state index contributed by atoms with van der Waals surface area (Å²) in [4.78, 5) is 30.4. The number of nitrogens with zero attached hydrogens (tertiary/aromatic N) is 4. The molecule has 1 aromatic heterocycles. The second kappa shape index (κ2) is 6.66. The first-order valence-corrected chi connectivity index (χ1v) is 7.76. The van der Waals surface area contributed by atoms with Gasteiger partial charge in [0.1, 0.15) is 0 Å². The number of Topliss-reactive ketones (excluding diaryl/α,β-unsaturated/α-hetero) is 1. The first-order valence-electron chi connectivity index (χ1n) is 7.76. The van der Waals surface area contributed by atoms with Gasteiger partial charge in [-0.25, -0.2) is 4.98 Å². The summed E-state index contributed by atoms with van der Waals surface area (Å²) in [5.74, 6) is 0.475. The van der Waals surface area contributed by atoms with Crippen LogP contribution in [0, 0.1) is 10.1 Å². The van der Waals surface area contributed by atoms with Crippen molar-refractivity contribution in [3.8, 4) is 0 Å². The van der Waals surface area contributed by atoms with Crippen molar-refractivity contribution in [2.45, 2.75) is 6.92 Å². The zero-order valence-corrected chi connectivity index (χ0v) is 13.4. The van der Waals surface area contributed by atoms with E-state index >= 15 is 0 Å². The predicted molar refractivity (Wildman–Crippen MR) is 91.8 cm³/mol. The molecule has 0 N–H and O–H groups in total. The Morgan fingerprint density at radius 2 is 1.71 bits per heavy atom. The lowest BCUT2D eigenvalue weighted by molar-refractivity contribution is -0.384. The molecule has 1 aliphatic rings. The van der Waals surface area contributed by atoms with Gasteiger partial charge in [0, 0.05) is 49.7 Å². The van der Waals surface area contributed by atoms with Crippen LogP contribution in [0.4, 0.5) is 17.2 Å². The maximum atomic E-state index is 11.3. The Labute approximate surface area is 139 Å². The number of benzene rings is 1. The monoisotopic (exact) mass is 326 g/mol. The van der Waals surface area contributed by atoms with E-state index in [1.54, 1.807) is 19.2 Å². The topological polar surface area (TPSA) is 79.6 Å². The molecule has 2 heterocycles. The summed E-state index contributed by atoms with van der Waals surface area (Å²) in [5, 5.41) is 11.1. The van der Waals surface area contributed by atoms with Gasteiger partial charge in [-0.1, -0.05) is 0 Å². The Bertz CT molecular complexity index is 753. The van der Waals surface area contributed by atoms with Crippen LogP contribution in [0.5, 0.6) is 0 Å². The molecule has 7 heteroatoms. The van der Waals surface area contributed by atoms with Gasteiger partial charge < -0.3 is 9.80 Å². The molecule has 0 bridgehead atoms. The third-order valence-corrected chi connectivity index (χ3v) is 4.18. The van der Waals surface area contributed by atoms with Gasteiger partial charge in [0.25, 0.3) is 0 Å². The molecule has 0 aliphatic carbocycles. The van der Waals surface area contributed by atoms with E-state index in [0.717, 1.165) is 18.8 Å². The number of carbonyl (C=O) groups excluding carboxylic acids is 1. The SMILES string of the molecule is CC(=O)c1ccc(N2CCN(c3ncccc3[N+](=O)[O-])CC2)cc1. The van der Waals surface area contributed by atoms with Crippen molar-refractivity contribution in [1.29, 1.82) is 0 Å². The lowest BCUT2D eigenvalue weighted by atomic mass is 10.1. The first-order chi connectivity index (χ1) is 11.6. The Morgan fingerprint density at radius 3 is 2.29 bits per heavy atom. The van der Waals surface area contributed by atoms with E-state index in [2.05, 4.69) is 9.88 Å². The van der Waals surface area contributed by atoms with E-state index in [1.807, 2.05) is 29.2 Å². The van der Waals surface area contributed by atoms with Crippen LogP contribution in [-0.4, -0.2) is 41.9 Å². The van der Waals surface area contributed by atoms with E-state index in [4.69, 9.17) is 0 Å². The van der Waals surface area contributed by atoms with Crippen LogP contribution in [0.1, 0.15) is 17.3 Å². The summed E-state index contributed by atoms with van der Waals surface area (Å²) >= 11 is 0. The summed E-state index contributed by atoms with van der Waals surface area (Å²) in [7, 11) is 0. The molecular weight excluding hydrogens is 308 g/mol. The number of hydrogen-bond donors (Lipinski definition) is 0. The normalized spacial score (nSPS) is 14.5. The van der Waals surface area contributed by atoms with E-state index in [9.17, 15) is 14.9 Å². The van der Waals surface area contributed by atoms with Crippen LogP contribution < -0.4 is 9.80 Å². The summed E-state index contributed by atoms with van der Waals surface area (Å²) in [6, 6.07) is 10.6. The average molecular weight is 326 g/mol. The van der Waals surface area contributed by atoms with E-state index < -0.39 is 4.92 Å². The minimum Gasteiger partial charge on any atom is -0.368 e. The number of aromatic nitrogens is 1. The Kier molecular flexibility index (Phi) is 4.41. The molecular formula is C17H18N4O3. The van der Waals surface area contributed by atoms with Crippen LogP contribution >= 0.6 is 0 Å². The van der Waals surface area contributed by atoms with Crippen molar-refractivity contribution in [2.24, 2.45) is 0 Å². The molecule has 3 rings (SSSR count). The van der Waals surface area contributed by atoms with Gasteiger partial charge in [-0.05, 0) is 37.3 Å². The maximum Gasteiger partial charge on any atom is 0.311 e. The highest BCUT2D eigenvalue weighted by Crippen LogP contribution is 2.27. The molecule has 0 saturated carbocycles. The van der Waals surface area contributed by atoms with Crippen LogP contribution in [0.15, 0.2) is 42.6 Å². The zero-order chi connectivity index (χ0) is 17.1. The number of anilines is 2. The van der Waals surface area contributed by atoms with Crippen LogP contribution in [0.3, 0.4) is 0 Å². The quantitative estimate of drug-likeness (QED) is 0.488. The van der Waals surface area contributed by atoms with Gasteiger partial charge in [0.2, 0.25) is 5.82 Å². The molecule has 0 spiro atoms. The van der Waals surface area contributed by atoms with E-state index in [0.29, 0.717) is 24.5 Å². The fourth-order valence-corrected chi connectivity index (χ4v) is 2.86. The lowest BCUT2D eigenvalue weighted by Crippen LogP contribution is -2.47. The van der Waals surface area contributed by atoms with Gasteiger partial charge in [-0.3, -0.25) is 14.9 Å². The van der Waals surface area contributed by atoms with Crippen LogP contribution in [0.25, 0.3) is 0 Å². The highest BCUT2D eigenvalue weighted by atomic mass is 16.6. The van der Waals surface area contributed by atoms with Crippen molar-refractivity contribution >= 4 is 23.0 Å². The second-order valence-electron chi connectivity index (χ2n) is 5.68. The zero-order valence-electron chi connectivity index (χ0n) is 13.4. The third-order valence-electron chi connectivity index (χ3n) is 4.18. The first kappa shape index (κ1) is 15.9. The van der Waals surface area contributed by atoms with Crippen molar-refractivity contribution in [2.75, 3.05) is 36.0 Å². The molecule has 0 amide bonds. The van der Waals surface area contributed by atoms with Gasteiger partial charge >= 0.3 is 5.69 Å². The Balaban J connectivity index is 1.70. The molecule has 124 valence electrons. The van der Waals surface area contributed by atoms with Gasteiger partial charge in [0.15, 0.2) is 5.78 Å². The minimum atomic E-state index is -0.394. The fraction of sp³-hybridized carbons (Fsp3) is 0.294. The number of pyridine rings is 1. The minimum absolute atomic E-state index is 0.0387. The molecule has 0 radical (unpaired) electrons. The average Bonchev–Trinajstić information content (AvgIpc) is 2.62. The lowest BCUT2D eigenvalue weighted by Gasteiger charge is -2.36. The van der Waals surface area contributed by atoms with E-state index in [-0.39, 0.29) is 11.5 Å². The number of rotatable bonds is 4. The summed E-state index contributed by atoms with van der Waals surface area (Å²) in [5.41, 5.74) is 1.79. The van der Waals surface area contributed by atoms with E-state index in [1.165, 1.54) is 6.07 Å². The molecule has 1 aliphatic heterocycles. The van der Waals surface area contributed by atoms with Crippen LogP contribution in [0.2, 0.25) is 0 Å². The molecule has 1 fully saturated rings. The number of nitro groups is 1. The van der Waals surface area contributed by atoms with Crippen LogP contribution in [-0.2, 0) is 0 Å². The standard InChI is InChI=1S/C17H18N4O3/c1-13(22)14-4-6-15(7-5-14)19-9-11-20(12-10-19)17-16(21(23)24)3-2-8-18-17/h2-8H,9-12H2,1H3. The molecule has 7 nitrogen and oxygen atoms in total. The highest BCUT2D eigenvalue weighted by molar-refractivity contribution is 5.94. The number of ketones is 1. The molecule has 0 unspecified atom stereocenters. The molecule has 0 atom stereocenters. The second-order valence-corrected chi connectivity index (χ2v) is 5.68. The third kappa shape index (κ3) is 3.19. The largest absolute Gasteiger partial charge is 0.368 e. The maximum absolute atomic E-state index is 11.3. The molecule has 24 heavy (non-hydrogen) atoms. The summed E-state index contributed by atoms with van der Waals surface area (Å²) in [6.45, 7) is 4.35. The number of hydrogen-bond acceptors (Lipinski definition) is 6. The van der Waals surface area contributed by atoms with Gasteiger partial charge in [0.05, 0.1) is 4.92 Å². The Hall–Kier alpha value is -2.96. The van der Waals surface area contributed by atoms with Gasteiger partial charge in [-0.15, -0.1) is 0 Å².